The maximum Gasteiger partial charge on any atom is 0.230 e. The Bertz CT molecular complexity index is 297. The predicted octanol–water partition coefficient (Wildman–Crippen LogP) is 1.43. The zero-order valence-corrected chi connectivity index (χ0v) is 10.6. The molecule has 1 saturated heterocycles. The molecular formula is C13H22N2O2. The summed E-state index contributed by atoms with van der Waals surface area (Å²) >= 11 is 0. The number of hydrogen-bond donors (Lipinski definition) is 1. The van der Waals surface area contributed by atoms with Crippen molar-refractivity contribution in [1.82, 2.24) is 4.90 Å². The molecule has 0 radical (unpaired) electrons. The number of nitrogens with zero attached hydrogens (tertiary/aromatic N) is 1. The van der Waals surface area contributed by atoms with Crippen LogP contribution in [0, 0.1) is 5.41 Å². The first-order valence-corrected chi connectivity index (χ1v) is 6.67. The number of hydrogen-bond acceptors (Lipinski definition) is 3. The van der Waals surface area contributed by atoms with Gasteiger partial charge in [-0.25, -0.2) is 0 Å². The van der Waals surface area contributed by atoms with Gasteiger partial charge in [0.05, 0.1) is 6.04 Å². The number of imide groups is 1. The molecule has 1 saturated carbocycles. The number of nitrogens with two attached hydrogens (primary N) is 1. The summed E-state index contributed by atoms with van der Waals surface area (Å²) in [6, 6.07) is -0.103. The van der Waals surface area contributed by atoms with Crippen molar-refractivity contribution in [1.29, 1.82) is 0 Å². The van der Waals surface area contributed by atoms with Crippen molar-refractivity contribution in [2.75, 3.05) is 6.54 Å². The van der Waals surface area contributed by atoms with Gasteiger partial charge in [0.25, 0.3) is 0 Å². The number of amides is 2. The fraction of sp³-hybridized carbons (Fsp3) is 0.846. The molecule has 4 nitrogen and oxygen atoms in total. The summed E-state index contributed by atoms with van der Waals surface area (Å²) in [6.45, 7) is 2.35. The van der Waals surface area contributed by atoms with E-state index in [1.165, 1.54) is 4.90 Å². The average Bonchev–Trinajstić information content (AvgIpc) is 2.71. The first-order chi connectivity index (χ1) is 8.12. The molecule has 1 atom stereocenters. The number of carbonyl (C=O) groups is 2. The molecule has 2 aliphatic rings. The van der Waals surface area contributed by atoms with E-state index in [4.69, 9.17) is 5.73 Å². The molecule has 1 aliphatic carbocycles. The van der Waals surface area contributed by atoms with Crippen LogP contribution in [0.1, 0.15) is 51.9 Å². The molecule has 0 aromatic rings. The lowest BCUT2D eigenvalue weighted by Gasteiger charge is -2.40. The molecule has 2 fully saturated rings. The Balaban J connectivity index is 2.13. The Labute approximate surface area is 103 Å². The molecule has 4 heteroatoms. The number of piperidine rings is 1. The first kappa shape index (κ1) is 12.6. The highest BCUT2D eigenvalue weighted by atomic mass is 16.2. The van der Waals surface area contributed by atoms with Crippen molar-refractivity contribution in [2.24, 2.45) is 11.1 Å². The second kappa shape index (κ2) is 4.77. The maximum absolute atomic E-state index is 12.2. The van der Waals surface area contributed by atoms with E-state index in [0.717, 1.165) is 32.1 Å². The van der Waals surface area contributed by atoms with Crippen molar-refractivity contribution in [2.45, 2.75) is 57.9 Å². The second-order valence-electron chi connectivity index (χ2n) is 5.52. The molecule has 2 rings (SSSR count). The summed E-state index contributed by atoms with van der Waals surface area (Å²) in [4.78, 5) is 25.8. The zero-order chi connectivity index (χ0) is 12.5. The van der Waals surface area contributed by atoms with Crippen molar-refractivity contribution in [3.8, 4) is 0 Å². The standard InChI is InChI=1S/C13H22N2O2/c1-2-10(9-14)15-11(16)7-13(8-12(15)17)5-3-4-6-13/h10H,2-9,14H2,1H3. The van der Waals surface area contributed by atoms with Gasteiger partial charge >= 0.3 is 0 Å². The van der Waals surface area contributed by atoms with Gasteiger partial charge in [0, 0.05) is 19.4 Å². The van der Waals surface area contributed by atoms with Crippen LogP contribution in [0.3, 0.4) is 0 Å². The molecule has 0 aromatic heterocycles. The van der Waals surface area contributed by atoms with Crippen molar-refractivity contribution in [3.05, 3.63) is 0 Å². The van der Waals surface area contributed by atoms with Gasteiger partial charge in [0.2, 0.25) is 11.8 Å². The van der Waals surface area contributed by atoms with E-state index in [2.05, 4.69) is 0 Å². The first-order valence-electron chi connectivity index (χ1n) is 6.67. The van der Waals surface area contributed by atoms with Crippen LogP contribution in [0.15, 0.2) is 0 Å². The summed E-state index contributed by atoms with van der Waals surface area (Å²) in [5.41, 5.74) is 5.63. The summed E-state index contributed by atoms with van der Waals surface area (Å²) < 4.78 is 0. The van der Waals surface area contributed by atoms with Gasteiger partial charge in [0.1, 0.15) is 0 Å². The van der Waals surface area contributed by atoms with Crippen molar-refractivity contribution < 1.29 is 9.59 Å². The van der Waals surface area contributed by atoms with Crippen LogP contribution in [-0.2, 0) is 9.59 Å². The molecule has 2 N–H and O–H groups in total. The van der Waals surface area contributed by atoms with Crippen LogP contribution < -0.4 is 5.73 Å². The van der Waals surface area contributed by atoms with Crippen molar-refractivity contribution >= 4 is 11.8 Å². The molecule has 1 aliphatic heterocycles. The van der Waals surface area contributed by atoms with E-state index in [0.29, 0.717) is 19.4 Å². The SMILES string of the molecule is CCC(CN)N1C(=O)CC2(CCCC2)CC1=O. The predicted molar refractivity (Wildman–Crippen MR) is 65.1 cm³/mol. The molecule has 1 heterocycles. The minimum atomic E-state index is -0.103. The van der Waals surface area contributed by atoms with E-state index in [-0.39, 0.29) is 23.3 Å². The maximum atomic E-state index is 12.2. The average molecular weight is 238 g/mol. The van der Waals surface area contributed by atoms with Crippen LogP contribution in [0.4, 0.5) is 0 Å². The molecule has 0 bridgehead atoms. The molecule has 2 amide bonds. The van der Waals surface area contributed by atoms with Gasteiger partial charge in [-0.2, -0.15) is 0 Å². The largest absolute Gasteiger partial charge is 0.328 e. The minimum Gasteiger partial charge on any atom is -0.328 e. The molecule has 96 valence electrons. The lowest BCUT2D eigenvalue weighted by Crippen LogP contribution is -2.53. The number of likely N-dealkylation sites (tertiary alicyclic amines) is 1. The van der Waals surface area contributed by atoms with Gasteiger partial charge in [-0.05, 0) is 24.7 Å². The van der Waals surface area contributed by atoms with Gasteiger partial charge in [0.15, 0.2) is 0 Å². The topological polar surface area (TPSA) is 63.4 Å². The lowest BCUT2D eigenvalue weighted by atomic mass is 9.76. The van der Waals surface area contributed by atoms with Crippen LogP contribution in [0.25, 0.3) is 0 Å². The molecule has 0 aromatic carbocycles. The summed E-state index contributed by atoms with van der Waals surface area (Å²) in [5, 5.41) is 0. The highest BCUT2D eigenvalue weighted by Gasteiger charge is 2.46. The van der Waals surface area contributed by atoms with E-state index in [1.54, 1.807) is 0 Å². The van der Waals surface area contributed by atoms with E-state index in [1.807, 2.05) is 6.92 Å². The Hall–Kier alpha value is -0.900. The fourth-order valence-corrected chi connectivity index (χ4v) is 3.35. The molecule has 1 spiro atoms. The van der Waals surface area contributed by atoms with Gasteiger partial charge in [-0.15, -0.1) is 0 Å². The Morgan fingerprint density at radius 2 is 1.76 bits per heavy atom. The normalized spacial score (nSPS) is 25.6. The third kappa shape index (κ3) is 2.23. The Kier molecular flexibility index (Phi) is 3.52. The summed E-state index contributed by atoms with van der Waals surface area (Å²) in [7, 11) is 0. The molecular weight excluding hydrogens is 216 g/mol. The highest BCUT2D eigenvalue weighted by Crippen LogP contribution is 2.47. The van der Waals surface area contributed by atoms with Crippen LogP contribution in [-0.4, -0.2) is 29.3 Å². The summed E-state index contributed by atoms with van der Waals surface area (Å²) in [5.74, 6) is 0.000833. The molecule has 1 unspecified atom stereocenters. The Morgan fingerprint density at radius 3 is 2.18 bits per heavy atom. The minimum absolute atomic E-state index is 0.000417. The van der Waals surface area contributed by atoms with Gasteiger partial charge in [-0.3, -0.25) is 14.5 Å². The van der Waals surface area contributed by atoms with Crippen LogP contribution >= 0.6 is 0 Å². The van der Waals surface area contributed by atoms with E-state index in [9.17, 15) is 9.59 Å². The monoisotopic (exact) mass is 238 g/mol. The fourth-order valence-electron chi connectivity index (χ4n) is 3.35. The van der Waals surface area contributed by atoms with Crippen LogP contribution in [0.5, 0.6) is 0 Å². The third-order valence-electron chi connectivity index (χ3n) is 4.36. The van der Waals surface area contributed by atoms with Gasteiger partial charge < -0.3 is 5.73 Å². The quantitative estimate of drug-likeness (QED) is 0.757. The van der Waals surface area contributed by atoms with E-state index >= 15 is 0 Å². The second-order valence-corrected chi connectivity index (χ2v) is 5.52. The van der Waals surface area contributed by atoms with Crippen molar-refractivity contribution in [3.63, 3.8) is 0 Å². The number of rotatable bonds is 3. The zero-order valence-electron chi connectivity index (χ0n) is 10.6. The molecule has 17 heavy (non-hydrogen) atoms. The third-order valence-corrected chi connectivity index (χ3v) is 4.36. The lowest BCUT2D eigenvalue weighted by molar-refractivity contribution is -0.156. The van der Waals surface area contributed by atoms with Crippen LogP contribution in [0.2, 0.25) is 0 Å². The Morgan fingerprint density at radius 1 is 1.24 bits per heavy atom. The summed E-state index contributed by atoms with van der Waals surface area (Å²) in [6.07, 6.45) is 6.25. The van der Waals surface area contributed by atoms with E-state index < -0.39 is 0 Å². The smallest absolute Gasteiger partial charge is 0.230 e. The van der Waals surface area contributed by atoms with Gasteiger partial charge in [-0.1, -0.05) is 19.8 Å². The highest BCUT2D eigenvalue weighted by molar-refractivity contribution is 5.99. The number of carbonyl (C=O) groups excluding carboxylic acids is 2.